The zero-order valence-electron chi connectivity index (χ0n) is 12.5. The van der Waals surface area contributed by atoms with Gasteiger partial charge in [0.15, 0.2) is 0 Å². The monoisotopic (exact) mass is 288 g/mol. The Morgan fingerprint density at radius 3 is 2.86 bits per heavy atom. The third-order valence-electron chi connectivity index (χ3n) is 4.68. The van der Waals surface area contributed by atoms with Crippen LogP contribution in [0, 0.1) is 0 Å². The number of hydrogen-bond acceptors (Lipinski definition) is 3. The number of carbonyl (C=O) groups is 1. The van der Waals surface area contributed by atoms with Crippen LogP contribution in [0.3, 0.4) is 0 Å². The van der Waals surface area contributed by atoms with Crippen LogP contribution < -0.4 is 5.32 Å². The average molecular weight is 288 g/mol. The van der Waals surface area contributed by atoms with E-state index in [1.807, 2.05) is 17.0 Å². The van der Waals surface area contributed by atoms with Crippen LogP contribution in [0.4, 0.5) is 5.69 Å². The van der Waals surface area contributed by atoms with Crippen molar-refractivity contribution in [2.75, 3.05) is 25.0 Å². The Hall–Kier alpha value is -1.55. The van der Waals surface area contributed by atoms with Crippen LogP contribution in [0.1, 0.15) is 48.0 Å². The first-order valence-electron chi connectivity index (χ1n) is 8.08. The maximum Gasteiger partial charge on any atom is 0.254 e. The van der Waals surface area contributed by atoms with E-state index in [1.165, 1.54) is 24.8 Å². The fourth-order valence-electron chi connectivity index (χ4n) is 3.54. The molecule has 0 saturated heterocycles. The van der Waals surface area contributed by atoms with Crippen LogP contribution in [0.5, 0.6) is 0 Å². The molecule has 1 fully saturated rings. The maximum absolute atomic E-state index is 12.8. The Bertz CT molecular complexity index is 510. The first-order valence-corrected chi connectivity index (χ1v) is 8.08. The number of nitrogens with zero attached hydrogens (tertiary/aromatic N) is 1. The second-order valence-electron chi connectivity index (χ2n) is 6.06. The van der Waals surface area contributed by atoms with Gasteiger partial charge in [0.05, 0.1) is 6.61 Å². The summed E-state index contributed by atoms with van der Waals surface area (Å²) in [5.74, 6) is 0.0625. The highest BCUT2D eigenvalue weighted by atomic mass is 16.3. The minimum atomic E-state index is 0.0332. The molecule has 3 rings (SSSR count). The summed E-state index contributed by atoms with van der Waals surface area (Å²) in [5, 5.41) is 12.6. The molecule has 1 heterocycles. The molecular weight excluding hydrogens is 264 g/mol. The van der Waals surface area contributed by atoms with Gasteiger partial charge < -0.3 is 15.3 Å². The van der Waals surface area contributed by atoms with E-state index in [1.54, 1.807) is 0 Å². The third kappa shape index (κ3) is 3.05. The predicted molar refractivity (Wildman–Crippen MR) is 83.6 cm³/mol. The van der Waals surface area contributed by atoms with E-state index < -0.39 is 0 Å². The number of nitrogens with one attached hydrogen (secondary N) is 1. The van der Waals surface area contributed by atoms with Crippen LogP contribution in [0.25, 0.3) is 0 Å². The molecule has 2 N–H and O–H groups in total. The Kier molecular flexibility index (Phi) is 4.44. The molecule has 1 amide bonds. The molecule has 1 aromatic carbocycles. The fourth-order valence-corrected chi connectivity index (χ4v) is 3.54. The number of rotatable bonds is 4. The van der Waals surface area contributed by atoms with E-state index in [0.29, 0.717) is 12.6 Å². The lowest BCUT2D eigenvalue weighted by Gasteiger charge is -2.34. The first kappa shape index (κ1) is 14.4. The van der Waals surface area contributed by atoms with Gasteiger partial charge in [-0.25, -0.2) is 0 Å². The summed E-state index contributed by atoms with van der Waals surface area (Å²) >= 11 is 0. The van der Waals surface area contributed by atoms with Gasteiger partial charge in [-0.1, -0.05) is 25.3 Å². The third-order valence-corrected chi connectivity index (χ3v) is 4.68. The number of aliphatic hydroxyl groups excluding tert-OH is 1. The molecule has 0 aromatic heterocycles. The molecule has 0 atom stereocenters. The minimum absolute atomic E-state index is 0.0332. The standard InChI is InChI=1S/C17H24N2O2/c20-11-10-19(15-4-2-1-3-5-15)17(21)14-7-6-13-8-9-18-16(13)12-14/h6-7,12,15,18,20H,1-5,8-11H2. The SMILES string of the molecule is O=C(c1ccc2c(c1)NCC2)N(CCO)C1CCCCC1. The number of hydrogen-bond donors (Lipinski definition) is 2. The zero-order valence-corrected chi connectivity index (χ0v) is 12.5. The Morgan fingerprint density at radius 2 is 2.10 bits per heavy atom. The van der Waals surface area contributed by atoms with Crippen LogP contribution in [-0.2, 0) is 6.42 Å². The van der Waals surface area contributed by atoms with Gasteiger partial charge in [0, 0.05) is 30.4 Å². The molecule has 1 saturated carbocycles. The largest absolute Gasteiger partial charge is 0.395 e. The molecule has 4 nitrogen and oxygen atoms in total. The van der Waals surface area contributed by atoms with E-state index >= 15 is 0 Å². The molecule has 2 aliphatic rings. The summed E-state index contributed by atoms with van der Waals surface area (Å²) in [7, 11) is 0. The summed E-state index contributed by atoms with van der Waals surface area (Å²) in [4.78, 5) is 14.7. The Balaban J connectivity index is 1.79. The quantitative estimate of drug-likeness (QED) is 0.894. The van der Waals surface area contributed by atoms with Gasteiger partial charge in [-0.05, 0) is 37.0 Å². The van der Waals surface area contributed by atoms with Crippen molar-refractivity contribution in [3.05, 3.63) is 29.3 Å². The summed E-state index contributed by atoms with van der Waals surface area (Å²) in [6.45, 7) is 1.43. The van der Waals surface area contributed by atoms with E-state index in [2.05, 4.69) is 11.4 Å². The van der Waals surface area contributed by atoms with Gasteiger partial charge in [0.25, 0.3) is 5.91 Å². The number of amides is 1. The summed E-state index contributed by atoms with van der Waals surface area (Å²) < 4.78 is 0. The highest BCUT2D eigenvalue weighted by molar-refractivity contribution is 5.95. The van der Waals surface area contributed by atoms with Gasteiger partial charge in [-0.2, -0.15) is 0 Å². The molecule has 1 aliphatic carbocycles. The zero-order chi connectivity index (χ0) is 14.7. The van der Waals surface area contributed by atoms with Gasteiger partial charge >= 0.3 is 0 Å². The van der Waals surface area contributed by atoms with E-state index in [-0.39, 0.29) is 12.5 Å². The van der Waals surface area contributed by atoms with Crippen molar-refractivity contribution in [1.29, 1.82) is 0 Å². The number of fused-ring (bicyclic) bond motifs is 1. The van der Waals surface area contributed by atoms with Gasteiger partial charge in [0.2, 0.25) is 0 Å². The molecule has 0 spiro atoms. The van der Waals surface area contributed by atoms with Crippen LogP contribution in [0.15, 0.2) is 18.2 Å². The number of benzene rings is 1. The smallest absolute Gasteiger partial charge is 0.254 e. The first-order chi connectivity index (χ1) is 10.3. The van der Waals surface area contributed by atoms with Gasteiger partial charge in [-0.3, -0.25) is 4.79 Å². The van der Waals surface area contributed by atoms with Crippen molar-refractivity contribution >= 4 is 11.6 Å². The summed E-state index contributed by atoms with van der Waals surface area (Å²) in [6, 6.07) is 6.25. The fraction of sp³-hybridized carbons (Fsp3) is 0.588. The van der Waals surface area contributed by atoms with Crippen LogP contribution in [-0.4, -0.2) is 41.7 Å². The van der Waals surface area contributed by atoms with E-state index in [4.69, 9.17) is 0 Å². The molecule has 1 aromatic rings. The lowest BCUT2D eigenvalue weighted by molar-refractivity contribution is 0.0585. The van der Waals surface area contributed by atoms with Crippen molar-refractivity contribution in [3.8, 4) is 0 Å². The number of anilines is 1. The number of carbonyl (C=O) groups excluding carboxylic acids is 1. The highest BCUT2D eigenvalue weighted by Crippen LogP contribution is 2.27. The lowest BCUT2D eigenvalue weighted by Crippen LogP contribution is -2.43. The molecule has 0 bridgehead atoms. The lowest BCUT2D eigenvalue weighted by atomic mass is 9.93. The molecular formula is C17H24N2O2. The minimum Gasteiger partial charge on any atom is -0.395 e. The molecule has 114 valence electrons. The molecule has 4 heteroatoms. The highest BCUT2D eigenvalue weighted by Gasteiger charge is 2.26. The van der Waals surface area contributed by atoms with Crippen molar-refractivity contribution < 1.29 is 9.90 Å². The van der Waals surface area contributed by atoms with Crippen LogP contribution in [0.2, 0.25) is 0 Å². The summed E-state index contributed by atoms with van der Waals surface area (Å²) in [5.41, 5.74) is 3.12. The Morgan fingerprint density at radius 1 is 1.29 bits per heavy atom. The normalized spacial score (nSPS) is 18.1. The van der Waals surface area contributed by atoms with Gasteiger partial charge in [0.1, 0.15) is 0 Å². The van der Waals surface area contributed by atoms with Gasteiger partial charge in [-0.15, -0.1) is 0 Å². The van der Waals surface area contributed by atoms with Crippen LogP contribution >= 0.6 is 0 Å². The second kappa shape index (κ2) is 6.48. The topological polar surface area (TPSA) is 52.6 Å². The van der Waals surface area contributed by atoms with E-state index in [9.17, 15) is 9.90 Å². The van der Waals surface area contributed by atoms with Crippen molar-refractivity contribution in [2.45, 2.75) is 44.6 Å². The average Bonchev–Trinajstić information content (AvgIpc) is 3.00. The number of aliphatic hydroxyl groups is 1. The van der Waals surface area contributed by atoms with Crippen molar-refractivity contribution in [1.82, 2.24) is 4.90 Å². The second-order valence-corrected chi connectivity index (χ2v) is 6.06. The molecule has 1 aliphatic heterocycles. The van der Waals surface area contributed by atoms with Crippen molar-refractivity contribution in [3.63, 3.8) is 0 Å². The molecule has 0 radical (unpaired) electrons. The van der Waals surface area contributed by atoms with E-state index in [0.717, 1.165) is 37.1 Å². The Labute approximate surface area is 126 Å². The maximum atomic E-state index is 12.8. The predicted octanol–water partition coefficient (Wildman–Crippen LogP) is 2.42. The molecule has 21 heavy (non-hydrogen) atoms. The molecule has 0 unspecified atom stereocenters. The van der Waals surface area contributed by atoms with Crippen molar-refractivity contribution in [2.24, 2.45) is 0 Å². The summed E-state index contributed by atoms with van der Waals surface area (Å²) in [6.07, 6.45) is 6.80.